The van der Waals surface area contributed by atoms with Crippen molar-refractivity contribution < 1.29 is 9.84 Å². The Morgan fingerprint density at radius 3 is 2.88 bits per heavy atom. The molecule has 2 N–H and O–H groups in total. The Hall–Kier alpha value is -0.910. The lowest BCUT2D eigenvalue weighted by atomic mass is 9.99. The number of imidazole rings is 1. The number of nitrogens with zero attached hydrogens (tertiary/aromatic N) is 2. The van der Waals surface area contributed by atoms with Crippen molar-refractivity contribution in [2.45, 2.75) is 25.4 Å². The normalized spacial score (nSPS) is 15.0. The Morgan fingerprint density at radius 1 is 1.62 bits per heavy atom. The molecule has 1 aromatic rings. The van der Waals surface area contributed by atoms with E-state index in [1.165, 1.54) is 0 Å². The van der Waals surface area contributed by atoms with E-state index in [0.717, 1.165) is 5.82 Å². The Kier molecular flexibility index (Phi) is 4.92. The van der Waals surface area contributed by atoms with Gasteiger partial charge in [-0.05, 0) is 13.3 Å². The van der Waals surface area contributed by atoms with Crippen molar-refractivity contribution in [2.24, 2.45) is 7.05 Å². The molecule has 5 nitrogen and oxygen atoms in total. The molecule has 92 valence electrons. The number of methoxy groups -OCH3 is 1. The number of aromatic nitrogens is 2. The van der Waals surface area contributed by atoms with Crippen LogP contribution in [0.5, 0.6) is 0 Å². The zero-order valence-electron chi connectivity index (χ0n) is 10.2. The van der Waals surface area contributed by atoms with Crippen LogP contribution in [0.15, 0.2) is 12.4 Å². The van der Waals surface area contributed by atoms with Gasteiger partial charge >= 0.3 is 0 Å². The summed E-state index contributed by atoms with van der Waals surface area (Å²) in [4.78, 5) is 4.24. The number of aryl methyl sites for hydroxylation is 1. The number of hydrogen-bond acceptors (Lipinski definition) is 4. The summed E-state index contributed by atoms with van der Waals surface area (Å²) in [5.41, 5.74) is -0.213. The van der Waals surface area contributed by atoms with E-state index in [1.807, 2.05) is 24.7 Å². The minimum Gasteiger partial charge on any atom is -0.396 e. The van der Waals surface area contributed by atoms with E-state index in [-0.39, 0.29) is 12.1 Å². The second-order valence-corrected chi connectivity index (χ2v) is 4.28. The van der Waals surface area contributed by atoms with Gasteiger partial charge in [-0.1, -0.05) is 0 Å². The molecule has 0 aromatic carbocycles. The van der Waals surface area contributed by atoms with Gasteiger partial charge in [-0.15, -0.1) is 0 Å². The Bertz CT molecular complexity index is 306. The van der Waals surface area contributed by atoms with Crippen molar-refractivity contribution in [1.82, 2.24) is 14.9 Å². The summed E-state index contributed by atoms with van der Waals surface area (Å²) in [5.74, 6) is 0.972. The van der Waals surface area contributed by atoms with Crippen molar-refractivity contribution in [3.05, 3.63) is 18.2 Å². The zero-order chi connectivity index (χ0) is 12.0. The molecular formula is C11H21N3O2. The number of rotatable bonds is 7. The molecule has 0 saturated carbocycles. The van der Waals surface area contributed by atoms with E-state index < -0.39 is 0 Å². The summed E-state index contributed by atoms with van der Waals surface area (Å²) >= 11 is 0. The first-order valence-corrected chi connectivity index (χ1v) is 5.42. The van der Waals surface area contributed by atoms with Crippen LogP contribution in [0.4, 0.5) is 0 Å². The second kappa shape index (κ2) is 5.98. The molecule has 0 spiro atoms. The van der Waals surface area contributed by atoms with Crippen molar-refractivity contribution >= 4 is 0 Å². The van der Waals surface area contributed by atoms with Gasteiger partial charge in [-0.25, -0.2) is 4.98 Å². The first-order chi connectivity index (χ1) is 7.61. The van der Waals surface area contributed by atoms with Gasteiger partial charge in [-0.3, -0.25) is 0 Å². The lowest BCUT2D eigenvalue weighted by Gasteiger charge is -2.29. The highest BCUT2D eigenvalue weighted by Gasteiger charge is 2.23. The van der Waals surface area contributed by atoms with Crippen molar-refractivity contribution in [1.29, 1.82) is 0 Å². The largest absolute Gasteiger partial charge is 0.396 e. The minimum atomic E-state index is -0.213. The summed E-state index contributed by atoms with van der Waals surface area (Å²) in [6.07, 6.45) is 4.35. The van der Waals surface area contributed by atoms with Gasteiger partial charge in [0.1, 0.15) is 5.82 Å². The molecule has 0 aliphatic heterocycles. The van der Waals surface area contributed by atoms with Crippen LogP contribution in [0.1, 0.15) is 19.2 Å². The maximum Gasteiger partial charge on any atom is 0.122 e. The molecule has 1 unspecified atom stereocenters. The molecular weight excluding hydrogens is 206 g/mol. The van der Waals surface area contributed by atoms with Crippen molar-refractivity contribution in [3.63, 3.8) is 0 Å². The Balaban J connectivity index is 2.53. The summed E-state index contributed by atoms with van der Waals surface area (Å²) in [6.45, 7) is 3.42. The van der Waals surface area contributed by atoms with Crippen molar-refractivity contribution in [3.8, 4) is 0 Å². The smallest absolute Gasteiger partial charge is 0.122 e. The highest BCUT2D eigenvalue weighted by molar-refractivity contribution is 4.93. The summed E-state index contributed by atoms with van der Waals surface area (Å²) in [5, 5.41) is 12.4. The van der Waals surface area contributed by atoms with E-state index in [0.29, 0.717) is 19.6 Å². The third-order valence-electron chi connectivity index (χ3n) is 2.72. The van der Waals surface area contributed by atoms with Crippen LogP contribution in [-0.2, 0) is 18.3 Å². The van der Waals surface area contributed by atoms with Crippen LogP contribution < -0.4 is 5.32 Å². The molecule has 0 aliphatic carbocycles. The van der Waals surface area contributed by atoms with Gasteiger partial charge in [0.25, 0.3) is 0 Å². The Labute approximate surface area is 96.4 Å². The molecule has 1 rings (SSSR count). The fourth-order valence-corrected chi connectivity index (χ4v) is 1.64. The number of nitrogens with one attached hydrogen (secondary N) is 1. The van der Waals surface area contributed by atoms with Crippen molar-refractivity contribution in [2.75, 3.05) is 20.3 Å². The average Bonchev–Trinajstić information content (AvgIpc) is 2.62. The predicted molar refractivity (Wildman–Crippen MR) is 62.0 cm³/mol. The third kappa shape index (κ3) is 3.59. The van der Waals surface area contributed by atoms with Crippen LogP contribution in [0.25, 0.3) is 0 Å². The van der Waals surface area contributed by atoms with Gasteiger partial charge in [0.05, 0.1) is 13.2 Å². The first kappa shape index (κ1) is 13.2. The lowest BCUT2D eigenvalue weighted by Crippen LogP contribution is -2.46. The minimum absolute atomic E-state index is 0.146. The van der Waals surface area contributed by atoms with Crippen LogP contribution >= 0.6 is 0 Å². The number of aliphatic hydroxyl groups excluding tert-OH is 1. The van der Waals surface area contributed by atoms with Crippen LogP contribution in [-0.4, -0.2) is 40.5 Å². The SMILES string of the molecule is COCC(C)(CCO)NCc1nccn1C. The summed E-state index contributed by atoms with van der Waals surface area (Å²) < 4.78 is 7.13. The van der Waals surface area contributed by atoms with Gasteiger partial charge in [-0.2, -0.15) is 0 Å². The van der Waals surface area contributed by atoms with Crippen LogP contribution in [0.3, 0.4) is 0 Å². The molecule has 0 amide bonds. The predicted octanol–water partition coefficient (Wildman–Crippen LogP) is 0.297. The molecule has 5 heteroatoms. The fraction of sp³-hybridized carbons (Fsp3) is 0.727. The van der Waals surface area contributed by atoms with Gasteiger partial charge in [0, 0.05) is 38.7 Å². The monoisotopic (exact) mass is 227 g/mol. The number of ether oxygens (including phenoxy) is 1. The summed E-state index contributed by atoms with van der Waals surface area (Å²) in [7, 11) is 3.63. The first-order valence-electron chi connectivity index (χ1n) is 5.42. The quantitative estimate of drug-likeness (QED) is 0.703. The molecule has 1 atom stereocenters. The molecule has 0 saturated heterocycles. The second-order valence-electron chi connectivity index (χ2n) is 4.28. The van der Waals surface area contributed by atoms with E-state index in [1.54, 1.807) is 13.3 Å². The maximum atomic E-state index is 9.02. The van der Waals surface area contributed by atoms with Gasteiger partial charge in [0.2, 0.25) is 0 Å². The molecule has 1 heterocycles. The topological polar surface area (TPSA) is 59.3 Å². The van der Waals surface area contributed by atoms with E-state index >= 15 is 0 Å². The standard InChI is InChI=1S/C11H21N3O2/c1-11(4-7-15,9-16-3)13-8-10-12-5-6-14(10)2/h5-6,13,15H,4,7-9H2,1-3H3. The third-order valence-corrected chi connectivity index (χ3v) is 2.72. The highest BCUT2D eigenvalue weighted by atomic mass is 16.5. The maximum absolute atomic E-state index is 9.02. The zero-order valence-corrected chi connectivity index (χ0v) is 10.2. The number of aliphatic hydroxyl groups is 1. The van der Waals surface area contributed by atoms with E-state index in [4.69, 9.17) is 9.84 Å². The number of hydrogen-bond donors (Lipinski definition) is 2. The molecule has 0 fully saturated rings. The summed E-state index contributed by atoms with van der Waals surface area (Å²) in [6, 6.07) is 0. The van der Waals surface area contributed by atoms with Gasteiger partial charge in [0.15, 0.2) is 0 Å². The molecule has 16 heavy (non-hydrogen) atoms. The Morgan fingerprint density at radius 2 is 2.38 bits per heavy atom. The van der Waals surface area contributed by atoms with Crippen LogP contribution in [0, 0.1) is 0 Å². The molecule has 1 aromatic heterocycles. The van der Waals surface area contributed by atoms with Gasteiger partial charge < -0.3 is 19.7 Å². The molecule has 0 bridgehead atoms. The van der Waals surface area contributed by atoms with E-state index in [9.17, 15) is 0 Å². The van der Waals surface area contributed by atoms with E-state index in [2.05, 4.69) is 10.3 Å². The average molecular weight is 227 g/mol. The molecule has 0 radical (unpaired) electrons. The molecule has 0 aliphatic rings. The lowest BCUT2D eigenvalue weighted by molar-refractivity contribution is 0.0963. The fourth-order valence-electron chi connectivity index (χ4n) is 1.64. The van der Waals surface area contributed by atoms with Crippen LogP contribution in [0.2, 0.25) is 0 Å². The highest BCUT2D eigenvalue weighted by Crippen LogP contribution is 2.10.